The summed E-state index contributed by atoms with van der Waals surface area (Å²) in [6, 6.07) is 8.33. The number of oxazole rings is 1. The number of anilines is 3. The molecule has 0 saturated heterocycles. The van der Waals surface area contributed by atoms with Crippen LogP contribution in [0.3, 0.4) is 0 Å². The lowest BCUT2D eigenvalue weighted by Gasteiger charge is -2.11. The average molecular weight is 310 g/mol. The molecule has 0 bridgehead atoms. The molecule has 0 unspecified atom stereocenters. The Hall–Kier alpha value is -2.11. The normalized spacial score (nSPS) is 10.9. The second-order valence-corrected chi connectivity index (χ2v) is 5.04. The molecule has 4 N–H and O–H groups in total. The van der Waals surface area contributed by atoms with Gasteiger partial charge in [0.25, 0.3) is 0 Å². The van der Waals surface area contributed by atoms with Crippen LogP contribution in [0, 0.1) is 0 Å². The number of hydrogen-bond acceptors (Lipinski definition) is 4. The number of hydrogen-bond donors (Lipinski definition) is 3. The molecule has 0 fully saturated rings. The summed E-state index contributed by atoms with van der Waals surface area (Å²) in [7, 11) is 0. The van der Waals surface area contributed by atoms with Crippen LogP contribution in [0.1, 0.15) is 0 Å². The van der Waals surface area contributed by atoms with Crippen LogP contribution in [-0.4, -0.2) is 4.98 Å². The number of nitrogens with two attached hydrogens (primary N) is 1. The summed E-state index contributed by atoms with van der Waals surface area (Å²) < 4.78 is 4.93. The van der Waals surface area contributed by atoms with E-state index in [0.717, 1.165) is 0 Å². The minimum atomic E-state index is -0.527. The Kier molecular flexibility index (Phi) is 3.08. The molecule has 5 nitrogen and oxygen atoms in total. The Labute approximate surface area is 123 Å². The van der Waals surface area contributed by atoms with Crippen molar-refractivity contribution < 1.29 is 4.42 Å². The molecule has 3 aromatic rings. The molecule has 20 heavy (non-hydrogen) atoms. The first-order chi connectivity index (χ1) is 9.52. The number of fused-ring (bicyclic) bond motifs is 1. The summed E-state index contributed by atoms with van der Waals surface area (Å²) in [6.07, 6.45) is 0. The van der Waals surface area contributed by atoms with Crippen molar-refractivity contribution in [2.24, 2.45) is 0 Å². The van der Waals surface area contributed by atoms with Crippen molar-refractivity contribution in [3.05, 3.63) is 50.9 Å². The summed E-state index contributed by atoms with van der Waals surface area (Å²) in [4.78, 5) is 13.7. The van der Waals surface area contributed by atoms with Gasteiger partial charge in [0.2, 0.25) is 0 Å². The van der Waals surface area contributed by atoms with Gasteiger partial charge in [-0.3, -0.25) is 4.98 Å². The first kappa shape index (κ1) is 12.9. The van der Waals surface area contributed by atoms with Gasteiger partial charge in [0, 0.05) is 11.1 Å². The Bertz CT molecular complexity index is 854. The largest absolute Gasteiger partial charge is 0.417 e. The second kappa shape index (κ2) is 4.77. The summed E-state index contributed by atoms with van der Waals surface area (Å²) in [5, 5.41) is 4.10. The van der Waals surface area contributed by atoms with Crippen LogP contribution < -0.4 is 16.8 Å². The van der Waals surface area contributed by atoms with E-state index in [1.807, 2.05) is 0 Å². The molecule has 0 aliphatic carbocycles. The Morgan fingerprint density at radius 3 is 2.70 bits per heavy atom. The molecule has 0 aliphatic heterocycles. The van der Waals surface area contributed by atoms with Crippen LogP contribution in [0.25, 0.3) is 11.1 Å². The second-order valence-electron chi connectivity index (χ2n) is 4.20. The fraction of sp³-hybridized carbons (Fsp3) is 0. The predicted molar refractivity (Wildman–Crippen MR) is 81.0 cm³/mol. The third-order valence-electron chi connectivity index (χ3n) is 2.79. The zero-order valence-corrected chi connectivity index (χ0v) is 11.5. The molecule has 102 valence electrons. The maximum atomic E-state index is 11.1. The monoisotopic (exact) mass is 309 g/mol. The number of nitrogens with one attached hydrogen (secondary N) is 2. The van der Waals surface area contributed by atoms with Gasteiger partial charge in [-0.25, -0.2) is 4.79 Å². The Morgan fingerprint density at radius 1 is 1.15 bits per heavy atom. The Balaban J connectivity index is 2.05. The standard InChI is InChI=1S/C13H9Cl2N3O2/c14-6-1-2-9(7(15)3-6)17-10-5-11-12(4-8(10)16)20-13(19)18-11/h1-5,17H,16H2,(H,18,19). The highest BCUT2D eigenvalue weighted by Crippen LogP contribution is 2.32. The molecule has 0 aliphatic rings. The summed E-state index contributed by atoms with van der Waals surface area (Å²) in [6.45, 7) is 0. The maximum absolute atomic E-state index is 11.1. The van der Waals surface area contributed by atoms with Gasteiger partial charge in [0.1, 0.15) is 0 Å². The molecule has 7 heteroatoms. The number of aromatic nitrogens is 1. The number of rotatable bonds is 2. The highest BCUT2D eigenvalue weighted by molar-refractivity contribution is 6.36. The minimum absolute atomic E-state index is 0.403. The first-order valence-corrected chi connectivity index (χ1v) is 6.43. The molecular weight excluding hydrogens is 301 g/mol. The van der Waals surface area contributed by atoms with Crippen LogP contribution in [0.2, 0.25) is 10.0 Å². The van der Waals surface area contributed by atoms with Crippen LogP contribution in [0.5, 0.6) is 0 Å². The molecule has 0 radical (unpaired) electrons. The van der Waals surface area contributed by atoms with Gasteiger partial charge in [-0.15, -0.1) is 0 Å². The third kappa shape index (κ3) is 2.33. The summed E-state index contributed by atoms with van der Waals surface area (Å²) >= 11 is 11.9. The van der Waals surface area contributed by atoms with E-state index in [9.17, 15) is 4.79 Å². The average Bonchev–Trinajstić information content (AvgIpc) is 2.72. The van der Waals surface area contributed by atoms with E-state index < -0.39 is 5.76 Å². The minimum Gasteiger partial charge on any atom is -0.408 e. The van der Waals surface area contributed by atoms with E-state index in [4.69, 9.17) is 33.4 Å². The highest BCUT2D eigenvalue weighted by atomic mass is 35.5. The van der Waals surface area contributed by atoms with Crippen molar-refractivity contribution in [2.75, 3.05) is 11.1 Å². The van der Waals surface area contributed by atoms with E-state index in [-0.39, 0.29) is 0 Å². The van der Waals surface area contributed by atoms with Crippen molar-refractivity contribution in [3.8, 4) is 0 Å². The predicted octanol–water partition coefficient (Wildman–Crippen LogP) is 3.75. The lowest BCUT2D eigenvalue weighted by Crippen LogP contribution is -1.97. The van der Waals surface area contributed by atoms with Crippen molar-refractivity contribution >= 4 is 51.4 Å². The van der Waals surface area contributed by atoms with Gasteiger partial charge in [-0.1, -0.05) is 23.2 Å². The molecule has 1 aromatic heterocycles. The number of benzene rings is 2. The molecule has 1 heterocycles. The van der Waals surface area contributed by atoms with Crippen LogP contribution in [0.4, 0.5) is 17.1 Å². The fourth-order valence-corrected chi connectivity index (χ4v) is 2.31. The number of aromatic amines is 1. The molecular formula is C13H9Cl2N3O2. The summed E-state index contributed by atoms with van der Waals surface area (Å²) in [5.41, 5.74) is 8.58. The van der Waals surface area contributed by atoms with E-state index >= 15 is 0 Å². The van der Waals surface area contributed by atoms with E-state index in [2.05, 4.69) is 10.3 Å². The van der Waals surface area contributed by atoms with Crippen molar-refractivity contribution in [1.29, 1.82) is 0 Å². The lowest BCUT2D eigenvalue weighted by molar-refractivity contribution is 0.555. The zero-order valence-electron chi connectivity index (χ0n) is 10.0. The van der Waals surface area contributed by atoms with Gasteiger partial charge < -0.3 is 15.5 Å². The topological polar surface area (TPSA) is 84.0 Å². The quantitative estimate of drug-likeness (QED) is 0.629. The van der Waals surface area contributed by atoms with Gasteiger partial charge in [-0.2, -0.15) is 0 Å². The number of nitrogen functional groups attached to an aromatic ring is 1. The smallest absolute Gasteiger partial charge is 0.408 e. The Morgan fingerprint density at radius 2 is 1.95 bits per heavy atom. The van der Waals surface area contributed by atoms with Crippen molar-refractivity contribution in [2.45, 2.75) is 0 Å². The van der Waals surface area contributed by atoms with Crippen molar-refractivity contribution in [3.63, 3.8) is 0 Å². The van der Waals surface area contributed by atoms with E-state index in [0.29, 0.717) is 38.2 Å². The van der Waals surface area contributed by atoms with Crippen LogP contribution in [-0.2, 0) is 0 Å². The highest BCUT2D eigenvalue weighted by Gasteiger charge is 2.08. The molecule has 3 rings (SSSR count). The summed E-state index contributed by atoms with van der Waals surface area (Å²) in [5.74, 6) is -0.527. The van der Waals surface area contributed by atoms with E-state index in [1.165, 1.54) is 0 Å². The molecule has 0 spiro atoms. The van der Waals surface area contributed by atoms with Gasteiger partial charge in [0.15, 0.2) is 5.58 Å². The van der Waals surface area contributed by atoms with Gasteiger partial charge >= 0.3 is 5.76 Å². The molecule has 0 amide bonds. The van der Waals surface area contributed by atoms with E-state index in [1.54, 1.807) is 30.3 Å². The number of H-pyrrole nitrogens is 1. The fourth-order valence-electron chi connectivity index (χ4n) is 1.86. The third-order valence-corrected chi connectivity index (χ3v) is 3.34. The van der Waals surface area contributed by atoms with Crippen molar-refractivity contribution in [1.82, 2.24) is 4.98 Å². The lowest BCUT2D eigenvalue weighted by atomic mass is 10.2. The zero-order chi connectivity index (χ0) is 14.3. The SMILES string of the molecule is Nc1cc2oc(=O)[nH]c2cc1Nc1ccc(Cl)cc1Cl. The van der Waals surface area contributed by atoms with Crippen LogP contribution in [0.15, 0.2) is 39.5 Å². The van der Waals surface area contributed by atoms with Gasteiger partial charge in [-0.05, 0) is 24.3 Å². The first-order valence-electron chi connectivity index (χ1n) is 5.67. The number of halogens is 2. The molecule has 0 atom stereocenters. The maximum Gasteiger partial charge on any atom is 0.417 e. The molecule has 2 aromatic carbocycles. The molecule has 0 saturated carbocycles. The van der Waals surface area contributed by atoms with Crippen LogP contribution >= 0.6 is 23.2 Å². The van der Waals surface area contributed by atoms with Gasteiger partial charge in [0.05, 0.1) is 27.6 Å².